The Morgan fingerprint density at radius 2 is 1.53 bits per heavy atom. The molecule has 10 heteroatoms. The second-order valence-corrected chi connectivity index (χ2v) is 7.82. The Bertz CT molecular complexity index is 1130. The maximum absolute atomic E-state index is 12.8. The van der Waals surface area contributed by atoms with Gasteiger partial charge in [0.15, 0.2) is 5.82 Å². The lowest BCUT2D eigenvalue weighted by atomic mass is 10.1. The number of carbonyl (C=O) groups is 1. The maximum Gasteiger partial charge on any atom is 0.416 e. The number of aryl methyl sites for hydroxylation is 3. The normalized spacial score (nSPS) is 14.7. The minimum absolute atomic E-state index is 0.246. The third-order valence-electron chi connectivity index (χ3n) is 5.39. The van der Waals surface area contributed by atoms with Crippen LogP contribution in [-0.2, 0) is 6.18 Å². The van der Waals surface area contributed by atoms with Crippen molar-refractivity contribution in [1.82, 2.24) is 24.6 Å². The van der Waals surface area contributed by atoms with E-state index in [0.29, 0.717) is 37.8 Å². The van der Waals surface area contributed by atoms with Crippen LogP contribution in [0.15, 0.2) is 36.4 Å². The Kier molecular flexibility index (Phi) is 5.62. The first-order valence-corrected chi connectivity index (χ1v) is 10.2. The highest BCUT2D eigenvalue weighted by Gasteiger charge is 2.31. The molecule has 1 aliphatic heterocycles. The van der Waals surface area contributed by atoms with Gasteiger partial charge in [0.2, 0.25) is 0 Å². The lowest BCUT2D eigenvalue weighted by Crippen LogP contribution is -2.49. The predicted molar refractivity (Wildman–Crippen MR) is 113 cm³/mol. The smallest absolute Gasteiger partial charge is 0.353 e. The third kappa shape index (κ3) is 4.44. The molecule has 0 spiro atoms. The average Bonchev–Trinajstić information content (AvgIpc) is 3.10. The second kappa shape index (κ2) is 8.25. The summed E-state index contributed by atoms with van der Waals surface area (Å²) < 4.78 is 40.0. The van der Waals surface area contributed by atoms with Gasteiger partial charge in [0, 0.05) is 43.5 Å². The largest absolute Gasteiger partial charge is 0.416 e. The van der Waals surface area contributed by atoms with E-state index in [-0.39, 0.29) is 11.5 Å². The highest BCUT2D eigenvalue weighted by atomic mass is 19.4. The van der Waals surface area contributed by atoms with E-state index in [1.165, 1.54) is 12.1 Å². The molecule has 3 heterocycles. The van der Waals surface area contributed by atoms with E-state index < -0.39 is 11.7 Å². The molecule has 32 heavy (non-hydrogen) atoms. The number of anilines is 1. The number of amides is 1. The van der Waals surface area contributed by atoms with E-state index in [4.69, 9.17) is 0 Å². The molecular formula is C22H23F3N6O. The highest BCUT2D eigenvalue weighted by molar-refractivity contribution is 5.94. The molecule has 0 aliphatic carbocycles. The summed E-state index contributed by atoms with van der Waals surface area (Å²) in [5.41, 5.74) is 1.35. The maximum atomic E-state index is 12.8. The number of alkyl halides is 3. The highest BCUT2D eigenvalue weighted by Crippen LogP contribution is 2.29. The Hall–Kier alpha value is -3.43. The monoisotopic (exact) mass is 444 g/mol. The van der Waals surface area contributed by atoms with Crippen molar-refractivity contribution in [2.45, 2.75) is 26.9 Å². The van der Waals surface area contributed by atoms with Crippen molar-refractivity contribution in [3.63, 3.8) is 0 Å². The summed E-state index contributed by atoms with van der Waals surface area (Å²) in [6.45, 7) is 7.70. The molecule has 0 radical (unpaired) electrons. The van der Waals surface area contributed by atoms with Gasteiger partial charge >= 0.3 is 6.18 Å². The van der Waals surface area contributed by atoms with Crippen LogP contribution in [-0.4, -0.2) is 56.7 Å². The van der Waals surface area contributed by atoms with Crippen molar-refractivity contribution >= 4 is 11.7 Å². The van der Waals surface area contributed by atoms with Gasteiger partial charge in [-0.15, -0.1) is 0 Å². The lowest BCUT2D eigenvalue weighted by Gasteiger charge is -2.35. The topological polar surface area (TPSA) is 67.2 Å². The van der Waals surface area contributed by atoms with Gasteiger partial charge in [-0.25, -0.2) is 14.6 Å². The molecule has 1 fully saturated rings. The van der Waals surface area contributed by atoms with E-state index in [9.17, 15) is 18.0 Å². The SMILES string of the molecule is Cc1cc(C)n(-c2cc(N3CCN(C(=O)c4ccc(C(F)(F)F)cc4)CC3)nc(C)n2)n1. The molecule has 7 nitrogen and oxygen atoms in total. The molecule has 1 amide bonds. The fourth-order valence-electron chi connectivity index (χ4n) is 3.79. The van der Waals surface area contributed by atoms with Gasteiger partial charge in [0.25, 0.3) is 5.91 Å². The number of halogens is 3. The summed E-state index contributed by atoms with van der Waals surface area (Å²) in [5.74, 6) is 1.77. The Morgan fingerprint density at radius 3 is 2.09 bits per heavy atom. The summed E-state index contributed by atoms with van der Waals surface area (Å²) in [7, 11) is 0. The van der Waals surface area contributed by atoms with Crippen LogP contribution in [0.2, 0.25) is 0 Å². The summed E-state index contributed by atoms with van der Waals surface area (Å²) in [6, 6.07) is 8.18. The van der Waals surface area contributed by atoms with Crippen LogP contribution >= 0.6 is 0 Å². The summed E-state index contributed by atoms with van der Waals surface area (Å²) in [4.78, 5) is 25.5. The quantitative estimate of drug-likeness (QED) is 0.618. The first-order chi connectivity index (χ1) is 15.1. The number of piperazine rings is 1. The number of hydrogen-bond donors (Lipinski definition) is 0. The zero-order valence-electron chi connectivity index (χ0n) is 18.0. The number of nitrogens with zero attached hydrogens (tertiary/aromatic N) is 6. The number of carbonyl (C=O) groups excluding carboxylic acids is 1. The molecule has 0 unspecified atom stereocenters. The minimum Gasteiger partial charge on any atom is -0.353 e. The summed E-state index contributed by atoms with van der Waals surface area (Å²) in [6.07, 6.45) is -4.42. The first-order valence-electron chi connectivity index (χ1n) is 10.2. The van der Waals surface area contributed by atoms with Crippen LogP contribution in [0.3, 0.4) is 0 Å². The van der Waals surface area contributed by atoms with Crippen molar-refractivity contribution < 1.29 is 18.0 Å². The van der Waals surface area contributed by atoms with E-state index in [1.807, 2.05) is 32.9 Å². The standard InChI is InChI=1S/C22H23F3N6O/c1-14-12-15(2)31(28-14)20-13-19(26-16(3)27-20)29-8-10-30(11-9-29)21(32)17-4-6-18(7-5-17)22(23,24)25/h4-7,12-13H,8-11H2,1-3H3. The van der Waals surface area contributed by atoms with Gasteiger partial charge in [0.05, 0.1) is 11.3 Å². The van der Waals surface area contributed by atoms with E-state index in [2.05, 4.69) is 20.0 Å². The molecule has 3 aromatic rings. The lowest BCUT2D eigenvalue weighted by molar-refractivity contribution is -0.137. The molecule has 2 aromatic heterocycles. The average molecular weight is 444 g/mol. The van der Waals surface area contributed by atoms with Gasteiger partial charge in [0.1, 0.15) is 11.6 Å². The van der Waals surface area contributed by atoms with Crippen LogP contribution < -0.4 is 4.90 Å². The van der Waals surface area contributed by atoms with Crippen LogP contribution in [0.25, 0.3) is 5.82 Å². The van der Waals surface area contributed by atoms with Gasteiger partial charge in [-0.2, -0.15) is 18.3 Å². The van der Waals surface area contributed by atoms with Gasteiger partial charge in [-0.1, -0.05) is 0 Å². The predicted octanol–water partition coefficient (Wildman–Crippen LogP) is 3.57. The number of hydrogen-bond acceptors (Lipinski definition) is 5. The van der Waals surface area contributed by atoms with Crippen molar-refractivity contribution in [3.8, 4) is 5.82 Å². The Labute approximate surface area is 183 Å². The molecule has 1 saturated heterocycles. The first kappa shape index (κ1) is 21.8. The van der Waals surface area contributed by atoms with Crippen LogP contribution in [0.1, 0.15) is 33.1 Å². The van der Waals surface area contributed by atoms with E-state index >= 15 is 0 Å². The fourth-order valence-corrected chi connectivity index (χ4v) is 3.79. The molecule has 0 atom stereocenters. The van der Waals surface area contributed by atoms with Crippen LogP contribution in [0, 0.1) is 20.8 Å². The summed E-state index contributed by atoms with van der Waals surface area (Å²) in [5, 5.41) is 4.48. The van der Waals surface area contributed by atoms with E-state index in [1.54, 1.807) is 9.58 Å². The molecular weight excluding hydrogens is 421 g/mol. The summed E-state index contributed by atoms with van der Waals surface area (Å²) >= 11 is 0. The van der Waals surface area contributed by atoms with Crippen molar-refractivity contribution in [2.24, 2.45) is 0 Å². The molecule has 0 N–H and O–H groups in total. The fraction of sp³-hybridized carbons (Fsp3) is 0.364. The Morgan fingerprint density at radius 1 is 0.906 bits per heavy atom. The molecule has 0 bridgehead atoms. The van der Waals surface area contributed by atoms with Gasteiger partial charge in [-0.05, 0) is 51.1 Å². The zero-order valence-corrected chi connectivity index (χ0v) is 18.0. The molecule has 0 saturated carbocycles. The zero-order chi connectivity index (χ0) is 23.0. The van der Waals surface area contributed by atoms with Crippen LogP contribution in [0.4, 0.5) is 19.0 Å². The number of aromatic nitrogens is 4. The van der Waals surface area contributed by atoms with Crippen molar-refractivity contribution in [3.05, 3.63) is 64.7 Å². The second-order valence-electron chi connectivity index (χ2n) is 7.82. The van der Waals surface area contributed by atoms with Crippen molar-refractivity contribution in [2.75, 3.05) is 31.1 Å². The van der Waals surface area contributed by atoms with Crippen LogP contribution in [0.5, 0.6) is 0 Å². The molecule has 1 aliphatic rings. The number of rotatable bonds is 3. The molecule has 4 rings (SSSR count). The minimum atomic E-state index is -4.42. The third-order valence-corrected chi connectivity index (χ3v) is 5.39. The van der Waals surface area contributed by atoms with E-state index in [0.717, 1.165) is 29.3 Å². The van der Waals surface area contributed by atoms with Gasteiger partial charge in [-0.3, -0.25) is 4.79 Å². The van der Waals surface area contributed by atoms with Crippen molar-refractivity contribution in [1.29, 1.82) is 0 Å². The number of benzene rings is 1. The molecule has 168 valence electrons. The molecule has 1 aromatic carbocycles. The Balaban J connectivity index is 1.46. The van der Waals surface area contributed by atoms with Gasteiger partial charge < -0.3 is 9.80 Å².